The fraction of sp³-hybridized carbons (Fsp3) is 1.00. The summed E-state index contributed by atoms with van der Waals surface area (Å²) in [5, 5.41) is 30.4. The lowest BCUT2D eigenvalue weighted by atomic mass is 9.73. The smallest absolute Gasteiger partial charge is 0.163 e. The standard InChI is InChI=1S/C17H30O6/c1-21-14-5-3-9(7-11(14)18)13-6-4-10-15(23-13)8-12(19)16(20)17(10)22-2/h9-20H,3-8H2,1-2H3/p+1. The number of rotatable bonds is 3. The van der Waals surface area contributed by atoms with Crippen LogP contribution >= 0.6 is 0 Å². The molecule has 0 aromatic carbocycles. The number of hydrogen-bond acceptors (Lipinski definition) is 5. The van der Waals surface area contributed by atoms with E-state index in [1.165, 1.54) is 0 Å². The zero-order chi connectivity index (χ0) is 16.6. The van der Waals surface area contributed by atoms with E-state index in [4.69, 9.17) is 14.2 Å². The first-order valence-electron chi connectivity index (χ1n) is 8.84. The highest BCUT2D eigenvalue weighted by atomic mass is 16.5. The molecule has 3 aliphatic rings. The molecule has 2 aliphatic carbocycles. The van der Waals surface area contributed by atoms with Crippen molar-refractivity contribution in [2.75, 3.05) is 14.2 Å². The molecule has 0 amide bonds. The topological polar surface area (TPSA) is 92.0 Å². The van der Waals surface area contributed by atoms with Gasteiger partial charge in [-0.25, -0.2) is 0 Å². The van der Waals surface area contributed by atoms with Crippen LogP contribution in [0, 0.1) is 11.8 Å². The van der Waals surface area contributed by atoms with Gasteiger partial charge in [0.15, 0.2) is 12.2 Å². The third-order valence-corrected chi connectivity index (χ3v) is 6.22. The first kappa shape index (κ1) is 17.6. The van der Waals surface area contributed by atoms with E-state index < -0.39 is 18.3 Å². The van der Waals surface area contributed by atoms with Crippen LogP contribution in [0.25, 0.3) is 0 Å². The second kappa shape index (κ2) is 7.33. The van der Waals surface area contributed by atoms with E-state index in [0.717, 1.165) is 32.1 Å². The van der Waals surface area contributed by atoms with Crippen molar-refractivity contribution >= 4 is 0 Å². The second-order valence-electron chi connectivity index (χ2n) is 7.43. The molecule has 3 rings (SSSR count). The maximum Gasteiger partial charge on any atom is 0.163 e. The van der Waals surface area contributed by atoms with Gasteiger partial charge in [0.1, 0.15) is 6.10 Å². The van der Waals surface area contributed by atoms with E-state index in [9.17, 15) is 15.3 Å². The minimum absolute atomic E-state index is 0.0490. The van der Waals surface area contributed by atoms with Crippen molar-refractivity contribution in [2.45, 2.75) is 81.3 Å². The summed E-state index contributed by atoms with van der Waals surface area (Å²) in [6.45, 7) is 0. The number of aliphatic hydroxyl groups excluding tert-OH is 3. The largest absolute Gasteiger partial charge is 0.429 e. The van der Waals surface area contributed by atoms with Gasteiger partial charge in [-0.3, -0.25) is 0 Å². The molecule has 0 aromatic heterocycles. The van der Waals surface area contributed by atoms with Crippen LogP contribution in [0.3, 0.4) is 0 Å². The minimum Gasteiger partial charge on any atom is -0.429 e. The van der Waals surface area contributed by atoms with Gasteiger partial charge in [0.05, 0.1) is 30.3 Å². The van der Waals surface area contributed by atoms with Crippen molar-refractivity contribution in [3.8, 4) is 0 Å². The van der Waals surface area contributed by atoms with Crippen molar-refractivity contribution in [3.63, 3.8) is 0 Å². The second-order valence-corrected chi connectivity index (χ2v) is 7.43. The molecule has 6 nitrogen and oxygen atoms in total. The average molecular weight is 331 g/mol. The lowest BCUT2D eigenvalue weighted by Gasteiger charge is -2.46. The Bertz CT molecular complexity index is 391. The van der Waals surface area contributed by atoms with Gasteiger partial charge in [-0.2, -0.15) is 0 Å². The first-order valence-corrected chi connectivity index (χ1v) is 8.84. The van der Waals surface area contributed by atoms with Crippen LogP contribution in [0.4, 0.5) is 0 Å². The van der Waals surface area contributed by atoms with E-state index in [2.05, 4.69) is 0 Å². The van der Waals surface area contributed by atoms with Gasteiger partial charge in [-0.15, -0.1) is 0 Å². The lowest BCUT2D eigenvalue weighted by molar-refractivity contribution is -0.284. The van der Waals surface area contributed by atoms with Crippen LogP contribution in [-0.4, -0.2) is 77.0 Å². The molecule has 1 saturated heterocycles. The summed E-state index contributed by atoms with van der Waals surface area (Å²) in [6.07, 6.45) is 3.02. The zero-order valence-corrected chi connectivity index (χ0v) is 14.0. The molecule has 9 unspecified atom stereocenters. The van der Waals surface area contributed by atoms with Gasteiger partial charge in [0.2, 0.25) is 0 Å². The number of methoxy groups -OCH3 is 2. The van der Waals surface area contributed by atoms with Gasteiger partial charge in [0.25, 0.3) is 0 Å². The normalized spacial score (nSPS) is 51.3. The third kappa shape index (κ3) is 3.43. The molecule has 4 N–H and O–H groups in total. The van der Waals surface area contributed by atoms with Crippen molar-refractivity contribution in [1.82, 2.24) is 0 Å². The van der Waals surface area contributed by atoms with Gasteiger partial charge >= 0.3 is 0 Å². The highest BCUT2D eigenvalue weighted by Gasteiger charge is 2.51. The number of fused-ring (bicyclic) bond motifs is 1. The van der Waals surface area contributed by atoms with Crippen LogP contribution < -0.4 is 0 Å². The number of aliphatic hydroxyl groups is 5. The third-order valence-electron chi connectivity index (χ3n) is 6.22. The van der Waals surface area contributed by atoms with Gasteiger partial charge < -0.3 is 29.5 Å². The van der Waals surface area contributed by atoms with Crippen LogP contribution in [-0.2, 0) is 9.47 Å². The highest BCUT2D eigenvalue weighted by molar-refractivity contribution is 4.97. The molecule has 1 aliphatic heterocycles. The lowest BCUT2D eigenvalue weighted by Crippen LogP contribution is -2.58. The maximum absolute atomic E-state index is 10.2. The van der Waals surface area contributed by atoms with Crippen LogP contribution in [0.1, 0.15) is 38.5 Å². The first-order chi connectivity index (χ1) is 11.0. The molecule has 134 valence electrons. The Morgan fingerprint density at radius 2 is 1.61 bits per heavy atom. The van der Waals surface area contributed by atoms with E-state index in [1.54, 1.807) is 14.2 Å². The molecule has 23 heavy (non-hydrogen) atoms. The molecule has 0 radical (unpaired) electrons. The maximum atomic E-state index is 10.2. The van der Waals surface area contributed by atoms with Crippen molar-refractivity contribution in [2.24, 2.45) is 11.8 Å². The summed E-state index contributed by atoms with van der Waals surface area (Å²) in [5.74, 6) is 0.581. The number of hydrogen-bond donors (Lipinski definition) is 3. The zero-order valence-electron chi connectivity index (χ0n) is 14.0. The van der Waals surface area contributed by atoms with E-state index in [0.29, 0.717) is 12.3 Å². The summed E-state index contributed by atoms with van der Waals surface area (Å²) in [4.78, 5) is 0. The Morgan fingerprint density at radius 1 is 0.826 bits per heavy atom. The molecule has 0 spiro atoms. The monoisotopic (exact) mass is 331 g/mol. The Labute approximate surface area is 137 Å². The van der Waals surface area contributed by atoms with E-state index >= 15 is 0 Å². The van der Waals surface area contributed by atoms with Gasteiger partial charge in [0, 0.05) is 33.0 Å². The van der Waals surface area contributed by atoms with Crippen LogP contribution in [0.2, 0.25) is 0 Å². The molecule has 6 heteroatoms. The molecule has 3 fully saturated rings. The summed E-state index contributed by atoms with van der Waals surface area (Å²) in [6, 6.07) is 0. The van der Waals surface area contributed by atoms with E-state index in [-0.39, 0.29) is 30.3 Å². The molecule has 0 bridgehead atoms. The molecular formula is C17H31O6+. The molecule has 2 saturated carbocycles. The van der Waals surface area contributed by atoms with Crippen LogP contribution in [0.15, 0.2) is 0 Å². The Hall–Kier alpha value is -0.240. The average Bonchev–Trinajstić information content (AvgIpc) is 2.55. The number of ether oxygens (including phenoxy) is 3. The Kier molecular flexibility index (Phi) is 5.61. The van der Waals surface area contributed by atoms with Crippen molar-refractivity contribution < 1.29 is 29.5 Å². The molecule has 0 aromatic rings. The highest BCUT2D eigenvalue weighted by Crippen LogP contribution is 2.40. The summed E-state index contributed by atoms with van der Waals surface area (Å²) in [7, 11) is 3.25. The summed E-state index contributed by atoms with van der Waals surface area (Å²) in [5.41, 5.74) is 0. The fourth-order valence-electron chi connectivity index (χ4n) is 4.91. The SMILES string of the molecule is COC1CCC(C2CCC3C(CC(O)C(O)C3OC)[OH+]2)CC1O. The predicted octanol–water partition coefficient (Wildman–Crippen LogP) is -0.0219. The van der Waals surface area contributed by atoms with E-state index in [1.807, 2.05) is 0 Å². The Morgan fingerprint density at radius 3 is 2.26 bits per heavy atom. The minimum atomic E-state index is -0.813. The predicted molar refractivity (Wildman–Crippen MR) is 84.1 cm³/mol. The molecule has 1 heterocycles. The quantitative estimate of drug-likeness (QED) is 0.632. The summed E-state index contributed by atoms with van der Waals surface area (Å²) < 4.78 is 15.8. The fourth-order valence-corrected chi connectivity index (χ4v) is 4.91. The summed E-state index contributed by atoms with van der Waals surface area (Å²) >= 11 is 0. The van der Waals surface area contributed by atoms with Crippen molar-refractivity contribution in [1.29, 1.82) is 0 Å². The van der Waals surface area contributed by atoms with Crippen LogP contribution in [0.5, 0.6) is 0 Å². The molecular weight excluding hydrogens is 300 g/mol. The van der Waals surface area contributed by atoms with Crippen molar-refractivity contribution in [3.05, 3.63) is 0 Å². The molecule has 9 atom stereocenters. The van der Waals surface area contributed by atoms with Gasteiger partial charge in [-0.05, 0) is 25.7 Å². The van der Waals surface area contributed by atoms with Gasteiger partial charge in [-0.1, -0.05) is 0 Å². The Balaban J connectivity index is 1.62.